The maximum Gasteiger partial charge on any atom is 0.294 e. The van der Waals surface area contributed by atoms with Crippen molar-refractivity contribution in [3.63, 3.8) is 0 Å². The molecule has 0 amide bonds. The normalized spacial score (nSPS) is 12.1. The fraction of sp³-hybridized carbons (Fsp3) is 0.273. The third kappa shape index (κ3) is 3.04. The molecule has 0 aromatic heterocycles. The molecule has 0 atom stereocenters. The van der Waals surface area contributed by atoms with Crippen LogP contribution in [0.15, 0.2) is 29.7 Å². The van der Waals surface area contributed by atoms with Crippen molar-refractivity contribution < 1.29 is 13.0 Å². The van der Waals surface area contributed by atoms with Gasteiger partial charge in [-0.05, 0) is 16.8 Å². The first-order valence-corrected chi connectivity index (χ1v) is 8.37. The molecule has 1 aromatic rings. The zero-order chi connectivity index (χ0) is 12.2. The van der Waals surface area contributed by atoms with Gasteiger partial charge in [-0.1, -0.05) is 44.2 Å². The topological polar surface area (TPSA) is 54.4 Å². The highest BCUT2D eigenvalue weighted by Crippen LogP contribution is 2.10. The van der Waals surface area contributed by atoms with E-state index in [9.17, 15) is 8.42 Å². The van der Waals surface area contributed by atoms with Crippen molar-refractivity contribution >= 4 is 30.9 Å². The number of hydrogen-bond acceptors (Lipinski definition) is 2. The fourth-order valence-corrected chi connectivity index (χ4v) is 4.79. The van der Waals surface area contributed by atoms with Gasteiger partial charge in [0.2, 0.25) is 0 Å². The van der Waals surface area contributed by atoms with E-state index in [1.54, 1.807) is 12.1 Å². The Morgan fingerprint density at radius 2 is 2.19 bits per heavy atom. The van der Waals surface area contributed by atoms with Crippen LogP contribution in [0.25, 0.3) is 6.08 Å². The van der Waals surface area contributed by atoms with E-state index in [1.165, 1.54) is 6.07 Å². The van der Waals surface area contributed by atoms with Gasteiger partial charge in [0.15, 0.2) is 0 Å². The maximum absolute atomic E-state index is 11.2. The molecule has 0 bridgehead atoms. The van der Waals surface area contributed by atoms with E-state index in [-0.39, 0.29) is 4.90 Å². The summed E-state index contributed by atoms with van der Waals surface area (Å²) in [7, 11) is -4.78. The molecule has 0 saturated carbocycles. The van der Waals surface area contributed by atoms with Crippen LogP contribution >= 0.6 is 0 Å². The van der Waals surface area contributed by atoms with E-state index in [2.05, 4.69) is 13.5 Å². The van der Waals surface area contributed by atoms with Crippen molar-refractivity contribution in [3.05, 3.63) is 30.3 Å². The molecule has 0 fully saturated rings. The molecule has 5 heteroatoms. The molecule has 0 unspecified atom stereocenters. The maximum atomic E-state index is 11.2. The summed E-state index contributed by atoms with van der Waals surface area (Å²) in [6, 6.07) is 5.94. The van der Waals surface area contributed by atoms with Crippen LogP contribution in [0, 0.1) is 0 Å². The fourth-order valence-electron chi connectivity index (χ4n) is 1.64. The molecule has 1 aromatic carbocycles. The van der Waals surface area contributed by atoms with Gasteiger partial charge in [0.05, 0.1) is 14.4 Å². The number of rotatable bonds is 5. The zero-order valence-corrected chi connectivity index (χ0v) is 11.5. The average molecular weight is 256 g/mol. The van der Waals surface area contributed by atoms with Gasteiger partial charge in [0.1, 0.15) is 0 Å². The lowest BCUT2D eigenvalue weighted by Crippen LogP contribution is -2.24. The first-order chi connectivity index (χ1) is 7.50. The summed E-state index contributed by atoms with van der Waals surface area (Å²) in [5.74, 6) is 0. The lowest BCUT2D eigenvalue weighted by Gasteiger charge is -2.09. The minimum absolute atomic E-state index is 0.0602. The molecular formula is C11H16O3SSi. The van der Waals surface area contributed by atoms with Crippen LogP contribution in [0.5, 0.6) is 0 Å². The molecule has 0 saturated heterocycles. The van der Waals surface area contributed by atoms with Crippen LogP contribution in [0.3, 0.4) is 0 Å². The number of benzene rings is 1. The molecule has 0 aliphatic rings. The summed E-state index contributed by atoms with van der Waals surface area (Å²) in [5.41, 5.74) is 0.829. The largest absolute Gasteiger partial charge is 0.294 e. The van der Waals surface area contributed by atoms with Gasteiger partial charge < -0.3 is 0 Å². The first-order valence-electron chi connectivity index (χ1n) is 5.22. The van der Waals surface area contributed by atoms with Crippen molar-refractivity contribution in [1.29, 1.82) is 0 Å². The van der Waals surface area contributed by atoms with Crippen LogP contribution in [-0.2, 0) is 10.1 Å². The standard InChI is InChI=1S/C11H16O3SSi/c1-3-8-16-11-9(4-2)6-5-7-10(11)15(12,13)14/h4-7H,2-3,8,16H2,1H3,(H,12,13,14). The lowest BCUT2D eigenvalue weighted by atomic mass is 10.2. The second-order valence-corrected chi connectivity index (χ2v) is 6.91. The van der Waals surface area contributed by atoms with Crippen LogP contribution in [0.1, 0.15) is 18.9 Å². The summed E-state index contributed by atoms with van der Waals surface area (Å²) in [4.78, 5) is 0.0602. The average Bonchev–Trinajstić information content (AvgIpc) is 2.24. The van der Waals surface area contributed by atoms with Gasteiger partial charge in [-0.25, -0.2) is 0 Å². The Balaban J connectivity index is 3.32. The number of hydrogen-bond donors (Lipinski definition) is 1. The van der Waals surface area contributed by atoms with E-state index < -0.39 is 19.6 Å². The van der Waals surface area contributed by atoms with E-state index in [4.69, 9.17) is 4.55 Å². The third-order valence-corrected chi connectivity index (χ3v) is 5.99. The van der Waals surface area contributed by atoms with Crippen molar-refractivity contribution in [3.8, 4) is 0 Å². The van der Waals surface area contributed by atoms with E-state index >= 15 is 0 Å². The highest BCUT2D eigenvalue weighted by atomic mass is 32.2. The van der Waals surface area contributed by atoms with Gasteiger partial charge in [-0.2, -0.15) is 8.42 Å². The molecule has 0 spiro atoms. The third-order valence-electron chi connectivity index (χ3n) is 2.45. The smallest absolute Gasteiger partial charge is 0.282 e. The highest BCUT2D eigenvalue weighted by Gasteiger charge is 2.16. The van der Waals surface area contributed by atoms with Gasteiger partial charge in [0, 0.05) is 0 Å². The van der Waals surface area contributed by atoms with E-state index in [0.717, 1.165) is 23.2 Å². The second-order valence-electron chi connectivity index (χ2n) is 3.61. The minimum Gasteiger partial charge on any atom is -0.282 e. The van der Waals surface area contributed by atoms with Crippen molar-refractivity contribution in [2.24, 2.45) is 0 Å². The molecule has 1 N–H and O–H groups in total. The van der Waals surface area contributed by atoms with Crippen LogP contribution in [0.2, 0.25) is 6.04 Å². The SMILES string of the molecule is C=Cc1cccc(S(=O)(=O)O)c1[SiH2]CCC. The molecule has 88 valence electrons. The summed E-state index contributed by atoms with van der Waals surface area (Å²) in [5, 5.41) is 0.793. The quantitative estimate of drug-likeness (QED) is 0.636. The summed E-state index contributed by atoms with van der Waals surface area (Å²) in [6.45, 7) is 5.73. The molecular weight excluding hydrogens is 240 g/mol. The first kappa shape index (κ1) is 13.2. The Morgan fingerprint density at radius 1 is 1.50 bits per heavy atom. The van der Waals surface area contributed by atoms with Gasteiger partial charge in [-0.15, -0.1) is 0 Å². The molecule has 16 heavy (non-hydrogen) atoms. The predicted molar refractivity (Wildman–Crippen MR) is 69.6 cm³/mol. The Labute approximate surface area is 98.8 Å². The summed E-state index contributed by atoms with van der Waals surface area (Å²) < 4.78 is 31.6. The van der Waals surface area contributed by atoms with E-state index in [0.29, 0.717) is 0 Å². The zero-order valence-electron chi connectivity index (χ0n) is 9.31. The molecule has 3 nitrogen and oxygen atoms in total. The minimum atomic E-state index is -4.11. The summed E-state index contributed by atoms with van der Waals surface area (Å²) >= 11 is 0. The Morgan fingerprint density at radius 3 is 2.69 bits per heavy atom. The van der Waals surface area contributed by atoms with Crippen LogP contribution in [0.4, 0.5) is 0 Å². The van der Waals surface area contributed by atoms with E-state index in [1.807, 2.05) is 6.07 Å². The van der Waals surface area contributed by atoms with Crippen molar-refractivity contribution in [2.75, 3.05) is 0 Å². The molecule has 0 aliphatic heterocycles. The van der Waals surface area contributed by atoms with Crippen molar-refractivity contribution in [2.45, 2.75) is 24.3 Å². The molecule has 1 rings (SSSR count). The van der Waals surface area contributed by atoms with Gasteiger partial charge in [0.25, 0.3) is 10.1 Å². The lowest BCUT2D eigenvalue weighted by molar-refractivity contribution is 0.484. The van der Waals surface area contributed by atoms with Crippen molar-refractivity contribution in [1.82, 2.24) is 0 Å². The monoisotopic (exact) mass is 256 g/mol. The Bertz CT molecular complexity index is 480. The highest BCUT2D eigenvalue weighted by molar-refractivity contribution is 7.86. The van der Waals surface area contributed by atoms with Gasteiger partial charge in [-0.3, -0.25) is 4.55 Å². The van der Waals surface area contributed by atoms with Crippen LogP contribution in [-0.4, -0.2) is 22.5 Å². The second kappa shape index (κ2) is 5.43. The molecule has 0 heterocycles. The molecule has 0 radical (unpaired) electrons. The van der Waals surface area contributed by atoms with Crippen LogP contribution < -0.4 is 5.19 Å². The Kier molecular flexibility index (Phi) is 4.46. The Hall–Kier alpha value is -0.913. The summed E-state index contributed by atoms with van der Waals surface area (Å²) in [6.07, 6.45) is 2.68. The molecule has 0 aliphatic carbocycles. The predicted octanol–water partition coefficient (Wildman–Crippen LogP) is 1.20. The van der Waals surface area contributed by atoms with Gasteiger partial charge >= 0.3 is 0 Å².